The average molecular weight is 328 g/mol. The Hall–Kier alpha value is -0.910. The molecule has 1 aliphatic heterocycles. The molecule has 5 heteroatoms. The van der Waals surface area contributed by atoms with Crippen molar-refractivity contribution in [2.75, 3.05) is 0 Å². The quantitative estimate of drug-likeness (QED) is 0.545. The fraction of sp³-hybridized carbons (Fsp3) is 0.833. The predicted molar refractivity (Wildman–Crippen MR) is 88.9 cm³/mol. The van der Waals surface area contributed by atoms with E-state index in [-0.39, 0.29) is 12.5 Å². The summed E-state index contributed by atoms with van der Waals surface area (Å²) in [6.45, 7) is 2.14. The molecule has 0 bridgehead atoms. The van der Waals surface area contributed by atoms with Gasteiger partial charge in [-0.05, 0) is 38.2 Å². The van der Waals surface area contributed by atoms with Gasteiger partial charge in [-0.3, -0.25) is 0 Å². The van der Waals surface area contributed by atoms with E-state index in [0.717, 1.165) is 51.4 Å². The summed E-state index contributed by atoms with van der Waals surface area (Å²) in [5, 5.41) is 29.5. The first-order valence-corrected chi connectivity index (χ1v) is 8.96. The van der Waals surface area contributed by atoms with Gasteiger partial charge in [0.25, 0.3) is 0 Å². The van der Waals surface area contributed by atoms with Crippen molar-refractivity contribution in [3.05, 3.63) is 12.2 Å². The third-order valence-electron chi connectivity index (χ3n) is 4.31. The first kappa shape index (κ1) is 20.1. The first-order valence-electron chi connectivity index (χ1n) is 8.96. The number of esters is 1. The largest absolute Gasteiger partial charge is 0.459 e. The van der Waals surface area contributed by atoms with Crippen LogP contribution in [0.5, 0.6) is 0 Å². The van der Waals surface area contributed by atoms with E-state index in [1.54, 1.807) is 0 Å². The highest BCUT2D eigenvalue weighted by Crippen LogP contribution is 2.18. The van der Waals surface area contributed by atoms with Crippen LogP contribution in [-0.2, 0) is 9.53 Å². The van der Waals surface area contributed by atoms with Gasteiger partial charge < -0.3 is 20.1 Å². The van der Waals surface area contributed by atoms with E-state index in [0.29, 0.717) is 6.42 Å². The molecule has 1 aliphatic rings. The van der Waals surface area contributed by atoms with Crippen LogP contribution >= 0.6 is 0 Å². The molecule has 0 saturated carbocycles. The number of carbonyl (C=O) groups excluding carboxylic acids is 1. The number of cyclic esters (lactones) is 1. The number of ether oxygens (including phenoxy) is 1. The van der Waals surface area contributed by atoms with Crippen LogP contribution in [0.1, 0.15) is 71.1 Å². The highest BCUT2D eigenvalue weighted by atomic mass is 16.5. The third kappa shape index (κ3) is 9.08. The maximum absolute atomic E-state index is 11.9. The minimum Gasteiger partial charge on any atom is -0.459 e. The summed E-state index contributed by atoms with van der Waals surface area (Å²) in [6, 6.07) is 0. The van der Waals surface area contributed by atoms with Crippen molar-refractivity contribution in [1.29, 1.82) is 0 Å². The lowest BCUT2D eigenvalue weighted by atomic mass is 9.99. The summed E-state index contributed by atoms with van der Waals surface area (Å²) < 4.78 is 5.48. The topological polar surface area (TPSA) is 87.0 Å². The fourth-order valence-electron chi connectivity index (χ4n) is 2.86. The van der Waals surface area contributed by atoms with Gasteiger partial charge in [-0.1, -0.05) is 32.6 Å². The molecule has 0 saturated heterocycles. The Bertz CT molecular complexity index is 355. The van der Waals surface area contributed by atoms with Gasteiger partial charge in [0.2, 0.25) is 0 Å². The molecule has 0 fully saturated rings. The molecule has 23 heavy (non-hydrogen) atoms. The van der Waals surface area contributed by atoms with Crippen LogP contribution in [0, 0.1) is 0 Å². The monoisotopic (exact) mass is 328 g/mol. The van der Waals surface area contributed by atoms with E-state index in [1.165, 1.54) is 12.2 Å². The lowest BCUT2D eigenvalue weighted by Crippen LogP contribution is -2.29. The van der Waals surface area contributed by atoms with Gasteiger partial charge in [0, 0.05) is 12.5 Å². The van der Waals surface area contributed by atoms with Gasteiger partial charge in [0.15, 0.2) is 0 Å². The number of carbonyl (C=O) groups is 1. The summed E-state index contributed by atoms with van der Waals surface area (Å²) in [4.78, 5) is 11.9. The molecule has 0 amide bonds. The normalized spacial score (nSPS) is 32.8. The van der Waals surface area contributed by atoms with Crippen molar-refractivity contribution < 1.29 is 24.9 Å². The van der Waals surface area contributed by atoms with Crippen LogP contribution in [0.2, 0.25) is 0 Å². The number of hydrogen-bond acceptors (Lipinski definition) is 5. The second-order valence-electron chi connectivity index (χ2n) is 6.50. The summed E-state index contributed by atoms with van der Waals surface area (Å²) in [5.74, 6) is -0.477. The smallest absolute Gasteiger partial charge is 0.330 e. The zero-order valence-corrected chi connectivity index (χ0v) is 14.2. The maximum atomic E-state index is 11.9. The summed E-state index contributed by atoms with van der Waals surface area (Å²) >= 11 is 0. The summed E-state index contributed by atoms with van der Waals surface area (Å²) in [5.41, 5.74) is 0. The van der Waals surface area contributed by atoms with Crippen LogP contribution in [0.15, 0.2) is 12.2 Å². The Morgan fingerprint density at radius 3 is 2.61 bits per heavy atom. The second-order valence-corrected chi connectivity index (χ2v) is 6.50. The number of aliphatic hydroxyl groups excluding tert-OH is 3. The Morgan fingerprint density at radius 2 is 1.87 bits per heavy atom. The SMILES string of the molecule is CCCCC[C@@H]1CCCCC[C@@H](O)C[C@H](O)[C@H](O)/C=C\C(=O)O1. The van der Waals surface area contributed by atoms with E-state index in [9.17, 15) is 20.1 Å². The van der Waals surface area contributed by atoms with Crippen LogP contribution < -0.4 is 0 Å². The predicted octanol–water partition coefficient (Wildman–Crippen LogP) is 2.47. The third-order valence-corrected chi connectivity index (χ3v) is 4.31. The summed E-state index contributed by atoms with van der Waals surface area (Å²) in [6.07, 6.45) is 8.00. The lowest BCUT2D eigenvalue weighted by molar-refractivity contribution is -0.143. The second kappa shape index (κ2) is 11.6. The molecule has 134 valence electrons. The highest BCUT2D eigenvalue weighted by Gasteiger charge is 2.19. The molecule has 0 aliphatic carbocycles. The standard InChI is InChI=1S/C18H32O5/c1-2-3-5-9-15-10-7-4-6-8-14(19)13-17(21)16(20)11-12-18(22)23-15/h11-12,14-17,19-21H,2-10,13H2,1H3/b12-11-/t14-,15-,16-,17+/m1/s1. The average Bonchev–Trinajstić information content (AvgIpc) is 2.51. The fourth-order valence-corrected chi connectivity index (χ4v) is 2.86. The molecule has 0 aromatic carbocycles. The van der Waals surface area contributed by atoms with E-state index in [2.05, 4.69) is 6.92 Å². The molecule has 1 rings (SSSR count). The lowest BCUT2D eigenvalue weighted by Gasteiger charge is -2.20. The van der Waals surface area contributed by atoms with E-state index in [1.807, 2.05) is 0 Å². The highest BCUT2D eigenvalue weighted by molar-refractivity contribution is 5.82. The van der Waals surface area contributed by atoms with Crippen molar-refractivity contribution >= 4 is 5.97 Å². The summed E-state index contributed by atoms with van der Waals surface area (Å²) in [7, 11) is 0. The van der Waals surface area contributed by atoms with Gasteiger partial charge in [-0.2, -0.15) is 0 Å². The molecule has 0 spiro atoms. The van der Waals surface area contributed by atoms with Gasteiger partial charge >= 0.3 is 5.97 Å². The molecule has 0 radical (unpaired) electrons. The number of hydrogen-bond donors (Lipinski definition) is 3. The van der Waals surface area contributed by atoms with Crippen molar-refractivity contribution in [2.45, 2.75) is 95.5 Å². The molecule has 0 unspecified atom stereocenters. The van der Waals surface area contributed by atoms with Crippen LogP contribution in [-0.4, -0.2) is 45.7 Å². The van der Waals surface area contributed by atoms with Crippen molar-refractivity contribution in [3.63, 3.8) is 0 Å². The molecule has 3 N–H and O–H groups in total. The van der Waals surface area contributed by atoms with Gasteiger partial charge in [-0.25, -0.2) is 4.79 Å². The van der Waals surface area contributed by atoms with E-state index >= 15 is 0 Å². The Morgan fingerprint density at radius 1 is 1.13 bits per heavy atom. The zero-order valence-electron chi connectivity index (χ0n) is 14.2. The Balaban J connectivity index is 2.63. The molecule has 5 nitrogen and oxygen atoms in total. The van der Waals surface area contributed by atoms with Crippen molar-refractivity contribution in [2.24, 2.45) is 0 Å². The first-order chi connectivity index (χ1) is 11.0. The molecule has 0 aromatic heterocycles. The Kier molecular flexibility index (Phi) is 10.2. The van der Waals surface area contributed by atoms with Gasteiger partial charge in [-0.15, -0.1) is 0 Å². The molecule has 1 heterocycles. The minimum absolute atomic E-state index is 0.0892. The van der Waals surface area contributed by atoms with Crippen LogP contribution in [0.25, 0.3) is 0 Å². The number of unbranched alkanes of at least 4 members (excludes halogenated alkanes) is 2. The van der Waals surface area contributed by atoms with Crippen LogP contribution in [0.3, 0.4) is 0 Å². The van der Waals surface area contributed by atoms with E-state index < -0.39 is 24.3 Å². The van der Waals surface area contributed by atoms with Crippen molar-refractivity contribution in [1.82, 2.24) is 0 Å². The van der Waals surface area contributed by atoms with E-state index in [4.69, 9.17) is 4.74 Å². The molecule has 4 atom stereocenters. The van der Waals surface area contributed by atoms with Crippen molar-refractivity contribution in [3.8, 4) is 0 Å². The maximum Gasteiger partial charge on any atom is 0.330 e. The molecular formula is C18H32O5. The Labute approximate surface area is 139 Å². The molecular weight excluding hydrogens is 296 g/mol. The van der Waals surface area contributed by atoms with Crippen LogP contribution in [0.4, 0.5) is 0 Å². The number of rotatable bonds is 4. The van der Waals surface area contributed by atoms with Gasteiger partial charge in [0.05, 0.1) is 18.3 Å². The van der Waals surface area contributed by atoms with Gasteiger partial charge in [0.1, 0.15) is 6.10 Å². The molecule has 0 aromatic rings. The minimum atomic E-state index is -1.17. The number of aliphatic hydroxyl groups is 3. The zero-order chi connectivity index (χ0) is 17.1.